The quantitative estimate of drug-likeness (QED) is 0.680. The lowest BCUT2D eigenvalue weighted by molar-refractivity contribution is 0.222. The third-order valence-electron chi connectivity index (χ3n) is 3.63. The first-order valence-corrected chi connectivity index (χ1v) is 7.37. The number of fused-ring (bicyclic) bond motifs is 1. The van der Waals surface area contributed by atoms with Crippen molar-refractivity contribution < 1.29 is 9.15 Å². The molecule has 3 aromatic rings. The molecule has 0 aliphatic carbocycles. The van der Waals surface area contributed by atoms with Crippen molar-refractivity contribution in [1.82, 2.24) is 0 Å². The molecule has 0 fully saturated rings. The predicted octanol–water partition coefficient (Wildman–Crippen LogP) is 4.11. The molecule has 1 atom stereocenters. The fourth-order valence-electron chi connectivity index (χ4n) is 2.60. The van der Waals surface area contributed by atoms with Gasteiger partial charge in [-0.2, -0.15) is 0 Å². The first-order valence-electron chi connectivity index (χ1n) is 7.37. The summed E-state index contributed by atoms with van der Waals surface area (Å²) < 4.78 is 11.2. The second kappa shape index (κ2) is 6.06. The van der Waals surface area contributed by atoms with Crippen molar-refractivity contribution in [2.45, 2.75) is 26.4 Å². The molecule has 0 N–H and O–H groups in total. The lowest BCUT2D eigenvalue weighted by atomic mass is 10.1. The molecule has 0 amide bonds. The summed E-state index contributed by atoms with van der Waals surface area (Å²) in [4.78, 5) is 11.5. The highest BCUT2D eigenvalue weighted by atomic mass is 16.5. The molecule has 3 rings (SSSR count). The molecule has 112 valence electrons. The van der Waals surface area contributed by atoms with Crippen LogP contribution in [0.5, 0.6) is 5.75 Å². The van der Waals surface area contributed by atoms with Gasteiger partial charge in [0.1, 0.15) is 11.3 Å². The van der Waals surface area contributed by atoms with Crippen molar-refractivity contribution in [3.63, 3.8) is 0 Å². The number of benzene rings is 2. The largest absolute Gasteiger partial charge is 0.490 e. The normalized spacial score (nSPS) is 12.3. The maximum absolute atomic E-state index is 11.5. The zero-order valence-corrected chi connectivity index (χ0v) is 12.7. The summed E-state index contributed by atoms with van der Waals surface area (Å²) in [6, 6.07) is 17.3. The summed E-state index contributed by atoms with van der Waals surface area (Å²) in [5.41, 5.74) is 2.38. The molecule has 0 aliphatic heterocycles. The van der Waals surface area contributed by atoms with Gasteiger partial charge in [0.05, 0.1) is 6.10 Å². The second-order valence-electron chi connectivity index (χ2n) is 5.52. The molecule has 3 nitrogen and oxygen atoms in total. The van der Waals surface area contributed by atoms with Crippen molar-refractivity contribution >= 4 is 11.0 Å². The van der Waals surface area contributed by atoms with Gasteiger partial charge in [0.15, 0.2) is 0 Å². The number of rotatable bonds is 4. The van der Waals surface area contributed by atoms with E-state index in [0.717, 1.165) is 17.4 Å². The Morgan fingerprint density at radius 2 is 1.86 bits per heavy atom. The van der Waals surface area contributed by atoms with Crippen molar-refractivity contribution in [1.29, 1.82) is 0 Å². The summed E-state index contributed by atoms with van der Waals surface area (Å²) in [5.74, 6) is 0.713. The molecule has 0 bridgehead atoms. The molecule has 0 radical (unpaired) electrons. The lowest BCUT2D eigenvalue weighted by Crippen LogP contribution is -2.15. The minimum atomic E-state index is -0.334. The first-order chi connectivity index (χ1) is 10.6. The van der Waals surface area contributed by atoms with E-state index in [0.29, 0.717) is 11.3 Å². The average molecular weight is 294 g/mol. The number of ether oxygens (including phenoxy) is 1. The monoisotopic (exact) mass is 294 g/mol. The third-order valence-corrected chi connectivity index (χ3v) is 3.63. The van der Waals surface area contributed by atoms with E-state index in [1.165, 1.54) is 11.6 Å². The van der Waals surface area contributed by atoms with Crippen LogP contribution >= 0.6 is 0 Å². The maximum Gasteiger partial charge on any atom is 0.336 e. The lowest BCUT2D eigenvalue weighted by Gasteiger charge is -2.15. The molecule has 0 saturated heterocycles. The van der Waals surface area contributed by atoms with Crippen LogP contribution in [0.2, 0.25) is 0 Å². The van der Waals surface area contributed by atoms with E-state index in [9.17, 15) is 4.79 Å². The van der Waals surface area contributed by atoms with Crippen LogP contribution in [-0.4, -0.2) is 6.10 Å². The Bertz CT molecular complexity index is 834. The van der Waals surface area contributed by atoms with Crippen molar-refractivity contribution in [2.75, 3.05) is 0 Å². The fraction of sp³-hybridized carbons (Fsp3) is 0.211. The summed E-state index contributed by atoms with van der Waals surface area (Å²) in [6.45, 7) is 3.93. The molecular formula is C19H18O3. The van der Waals surface area contributed by atoms with Crippen LogP contribution in [0.15, 0.2) is 63.8 Å². The highest BCUT2D eigenvalue weighted by molar-refractivity contribution is 5.81. The number of hydrogen-bond donors (Lipinski definition) is 0. The van der Waals surface area contributed by atoms with Crippen LogP contribution in [0.25, 0.3) is 11.0 Å². The highest BCUT2D eigenvalue weighted by Crippen LogP contribution is 2.23. The van der Waals surface area contributed by atoms with Gasteiger partial charge >= 0.3 is 5.63 Å². The van der Waals surface area contributed by atoms with Crippen molar-refractivity contribution in [2.24, 2.45) is 0 Å². The van der Waals surface area contributed by atoms with Crippen molar-refractivity contribution in [3.05, 3.63) is 76.1 Å². The van der Waals surface area contributed by atoms with E-state index in [1.807, 2.05) is 44.2 Å². The Morgan fingerprint density at radius 1 is 1.09 bits per heavy atom. The Hall–Kier alpha value is -2.55. The smallest absolute Gasteiger partial charge is 0.336 e. The minimum Gasteiger partial charge on any atom is -0.490 e. The van der Waals surface area contributed by atoms with E-state index in [1.54, 1.807) is 6.07 Å². The molecular weight excluding hydrogens is 276 g/mol. The van der Waals surface area contributed by atoms with Crippen LogP contribution in [0.1, 0.15) is 18.1 Å². The van der Waals surface area contributed by atoms with Crippen molar-refractivity contribution in [3.8, 4) is 5.75 Å². The SMILES string of the molecule is Cc1cc(=O)oc2cc(OC(C)Cc3ccccc3)ccc12. The highest BCUT2D eigenvalue weighted by Gasteiger charge is 2.08. The van der Waals surface area contributed by atoms with E-state index in [-0.39, 0.29) is 11.7 Å². The summed E-state index contributed by atoms with van der Waals surface area (Å²) in [6.07, 6.45) is 0.868. The van der Waals surface area contributed by atoms with Gasteiger partial charge < -0.3 is 9.15 Å². The van der Waals surface area contributed by atoms with Gasteiger partial charge in [0.2, 0.25) is 0 Å². The maximum atomic E-state index is 11.5. The third kappa shape index (κ3) is 3.19. The fourth-order valence-corrected chi connectivity index (χ4v) is 2.60. The van der Waals surface area contributed by atoms with Gasteiger partial charge in [0.25, 0.3) is 0 Å². The van der Waals surface area contributed by atoms with E-state index in [2.05, 4.69) is 12.1 Å². The van der Waals surface area contributed by atoms with Gasteiger partial charge in [-0.25, -0.2) is 4.79 Å². The van der Waals surface area contributed by atoms with Gasteiger partial charge in [-0.05, 0) is 37.1 Å². The molecule has 0 aliphatic rings. The standard InChI is InChI=1S/C19H18O3/c1-13-10-19(20)22-18-12-16(8-9-17(13)18)21-14(2)11-15-6-4-3-5-7-15/h3-10,12,14H,11H2,1-2H3. The van der Waals surface area contributed by atoms with Gasteiger partial charge in [-0.15, -0.1) is 0 Å². The van der Waals surface area contributed by atoms with Crippen LogP contribution in [0.4, 0.5) is 0 Å². The molecule has 0 spiro atoms. The van der Waals surface area contributed by atoms with Crippen LogP contribution in [-0.2, 0) is 6.42 Å². The predicted molar refractivity (Wildman–Crippen MR) is 87.5 cm³/mol. The van der Waals surface area contributed by atoms with E-state index in [4.69, 9.17) is 9.15 Å². The zero-order chi connectivity index (χ0) is 15.5. The molecule has 0 saturated carbocycles. The Labute approximate surface area is 129 Å². The first kappa shape index (κ1) is 14.4. The molecule has 1 aromatic heterocycles. The van der Waals surface area contributed by atoms with Gasteiger partial charge in [-0.1, -0.05) is 30.3 Å². The summed E-state index contributed by atoms with van der Waals surface area (Å²) in [5, 5.41) is 0.933. The molecule has 1 heterocycles. The Morgan fingerprint density at radius 3 is 2.64 bits per heavy atom. The van der Waals surface area contributed by atoms with Crippen LogP contribution < -0.4 is 10.4 Å². The summed E-state index contributed by atoms with van der Waals surface area (Å²) in [7, 11) is 0. The van der Waals surface area contributed by atoms with Crippen LogP contribution in [0, 0.1) is 6.92 Å². The molecule has 1 unspecified atom stereocenters. The van der Waals surface area contributed by atoms with Gasteiger partial charge in [-0.3, -0.25) is 0 Å². The Kier molecular flexibility index (Phi) is 3.96. The average Bonchev–Trinajstić information content (AvgIpc) is 2.47. The Balaban J connectivity index is 1.80. The number of aryl methyl sites for hydroxylation is 1. The topological polar surface area (TPSA) is 39.4 Å². The van der Waals surface area contributed by atoms with Gasteiger partial charge in [0, 0.05) is 23.9 Å². The van der Waals surface area contributed by atoms with E-state index >= 15 is 0 Å². The van der Waals surface area contributed by atoms with Crippen LogP contribution in [0.3, 0.4) is 0 Å². The molecule has 3 heteroatoms. The minimum absolute atomic E-state index is 0.0383. The summed E-state index contributed by atoms with van der Waals surface area (Å²) >= 11 is 0. The second-order valence-corrected chi connectivity index (χ2v) is 5.52. The number of hydrogen-bond acceptors (Lipinski definition) is 3. The molecule has 22 heavy (non-hydrogen) atoms. The zero-order valence-electron chi connectivity index (χ0n) is 12.7. The molecule has 2 aromatic carbocycles. The van der Waals surface area contributed by atoms with E-state index < -0.39 is 0 Å².